The summed E-state index contributed by atoms with van der Waals surface area (Å²) in [4.78, 5) is 0. The van der Waals surface area contributed by atoms with Crippen LogP contribution in [0.25, 0.3) is 0 Å². The first kappa shape index (κ1) is 15.7. The van der Waals surface area contributed by atoms with Crippen molar-refractivity contribution in [2.24, 2.45) is 11.8 Å². The second-order valence-corrected chi connectivity index (χ2v) is 6.48. The molecule has 1 aliphatic carbocycles. The van der Waals surface area contributed by atoms with E-state index in [9.17, 15) is 4.39 Å². The highest BCUT2D eigenvalue weighted by atomic mass is 19.1. The molecule has 0 unspecified atom stereocenters. The third-order valence-electron chi connectivity index (χ3n) is 4.91. The lowest BCUT2D eigenvalue weighted by atomic mass is 9.78. The first-order valence-corrected chi connectivity index (χ1v) is 8.37. The number of benzene rings is 1. The monoisotopic (exact) mass is 304 g/mol. The highest BCUT2D eigenvalue weighted by molar-refractivity contribution is 5.20. The normalized spacial score (nSPS) is 33.2. The van der Waals surface area contributed by atoms with Gasteiger partial charge in [0, 0.05) is 11.8 Å². The van der Waals surface area contributed by atoms with Gasteiger partial charge in [-0.05, 0) is 56.2 Å². The Labute approximate surface area is 132 Å². The van der Waals surface area contributed by atoms with E-state index in [0.717, 1.165) is 38.9 Å². The highest BCUT2D eigenvalue weighted by Crippen LogP contribution is 2.38. The van der Waals surface area contributed by atoms with E-state index in [-0.39, 0.29) is 12.1 Å². The van der Waals surface area contributed by atoms with Crippen LogP contribution in [0.4, 0.5) is 4.39 Å². The van der Waals surface area contributed by atoms with Gasteiger partial charge in [0.15, 0.2) is 6.29 Å². The number of halogens is 1. The summed E-state index contributed by atoms with van der Waals surface area (Å²) in [5, 5.41) is 0. The van der Waals surface area contributed by atoms with Crippen molar-refractivity contribution >= 4 is 0 Å². The van der Waals surface area contributed by atoms with Crippen LogP contribution in [0.3, 0.4) is 0 Å². The van der Waals surface area contributed by atoms with Crippen molar-refractivity contribution in [3.63, 3.8) is 0 Å². The molecular formula is C19H25FO2. The molecule has 1 saturated heterocycles. The minimum atomic E-state index is -0.155. The molecule has 0 aromatic heterocycles. The fourth-order valence-electron chi connectivity index (χ4n) is 3.65. The van der Waals surface area contributed by atoms with Crippen LogP contribution in [0.5, 0.6) is 0 Å². The summed E-state index contributed by atoms with van der Waals surface area (Å²) in [5.41, 5.74) is 1.26. The zero-order chi connectivity index (χ0) is 15.4. The van der Waals surface area contributed by atoms with Gasteiger partial charge in [0.25, 0.3) is 0 Å². The smallest absolute Gasteiger partial charge is 0.160 e. The van der Waals surface area contributed by atoms with Gasteiger partial charge in [-0.15, -0.1) is 0 Å². The Hall–Kier alpha value is -1.19. The van der Waals surface area contributed by atoms with Gasteiger partial charge in [0.1, 0.15) is 5.82 Å². The molecular weight excluding hydrogens is 279 g/mol. The molecule has 0 atom stereocenters. The van der Waals surface area contributed by atoms with Crippen molar-refractivity contribution in [3.05, 3.63) is 47.8 Å². The molecule has 22 heavy (non-hydrogen) atoms. The van der Waals surface area contributed by atoms with Crippen LogP contribution in [0.2, 0.25) is 0 Å². The zero-order valence-corrected chi connectivity index (χ0v) is 13.2. The minimum absolute atomic E-state index is 0.0318. The molecule has 1 aromatic carbocycles. The average Bonchev–Trinajstić information content (AvgIpc) is 2.57. The second-order valence-electron chi connectivity index (χ2n) is 6.48. The number of rotatable bonds is 3. The first-order chi connectivity index (χ1) is 10.8. The molecule has 3 rings (SSSR count). The van der Waals surface area contributed by atoms with E-state index in [0.29, 0.717) is 17.8 Å². The molecule has 0 radical (unpaired) electrons. The van der Waals surface area contributed by atoms with Gasteiger partial charge in [-0.25, -0.2) is 4.39 Å². The van der Waals surface area contributed by atoms with Crippen LogP contribution in [0, 0.1) is 17.7 Å². The Morgan fingerprint density at radius 1 is 1.00 bits per heavy atom. The molecule has 3 heteroatoms. The number of hydrogen-bond donors (Lipinski definition) is 0. The van der Waals surface area contributed by atoms with E-state index in [1.807, 2.05) is 19.1 Å². The Kier molecular flexibility index (Phi) is 5.27. The molecule has 2 aliphatic rings. The minimum Gasteiger partial charge on any atom is -0.352 e. The van der Waals surface area contributed by atoms with Crippen LogP contribution < -0.4 is 0 Å². The van der Waals surface area contributed by atoms with Crippen LogP contribution in [-0.4, -0.2) is 19.5 Å². The van der Waals surface area contributed by atoms with E-state index >= 15 is 0 Å². The number of ether oxygens (including phenoxy) is 2. The summed E-state index contributed by atoms with van der Waals surface area (Å²) in [7, 11) is 0. The zero-order valence-electron chi connectivity index (χ0n) is 13.2. The van der Waals surface area contributed by atoms with E-state index in [1.54, 1.807) is 12.1 Å². The molecule has 1 aromatic rings. The van der Waals surface area contributed by atoms with Gasteiger partial charge in [0.2, 0.25) is 0 Å². The van der Waals surface area contributed by atoms with Gasteiger partial charge in [-0.1, -0.05) is 24.3 Å². The SMILES string of the molecule is C/C=C/C1COC([C@H]2CC[C@H](c3ccc(F)cc3)CC2)OC1. The average molecular weight is 304 g/mol. The fraction of sp³-hybridized carbons (Fsp3) is 0.579. The van der Waals surface area contributed by atoms with E-state index < -0.39 is 0 Å². The first-order valence-electron chi connectivity index (χ1n) is 8.37. The predicted molar refractivity (Wildman–Crippen MR) is 85.1 cm³/mol. The molecule has 1 heterocycles. The maximum Gasteiger partial charge on any atom is 0.160 e. The predicted octanol–water partition coefficient (Wildman–Crippen LogP) is 4.66. The lowest BCUT2D eigenvalue weighted by Gasteiger charge is -2.37. The largest absolute Gasteiger partial charge is 0.352 e. The summed E-state index contributed by atoms with van der Waals surface area (Å²) in [5.74, 6) is 1.30. The van der Waals surface area contributed by atoms with E-state index in [4.69, 9.17) is 9.47 Å². The van der Waals surface area contributed by atoms with Crippen LogP contribution in [0.15, 0.2) is 36.4 Å². The summed E-state index contributed by atoms with van der Waals surface area (Å²) in [6, 6.07) is 6.98. The van der Waals surface area contributed by atoms with Crippen molar-refractivity contribution in [2.45, 2.75) is 44.8 Å². The van der Waals surface area contributed by atoms with Crippen molar-refractivity contribution in [1.29, 1.82) is 0 Å². The molecule has 1 aliphatic heterocycles. The lowest BCUT2D eigenvalue weighted by molar-refractivity contribution is -0.222. The summed E-state index contributed by atoms with van der Waals surface area (Å²) < 4.78 is 24.8. The summed E-state index contributed by atoms with van der Waals surface area (Å²) >= 11 is 0. The maximum absolute atomic E-state index is 13.0. The molecule has 0 bridgehead atoms. The van der Waals surface area contributed by atoms with Crippen LogP contribution in [-0.2, 0) is 9.47 Å². The van der Waals surface area contributed by atoms with Crippen molar-refractivity contribution < 1.29 is 13.9 Å². The van der Waals surface area contributed by atoms with E-state index in [1.165, 1.54) is 5.56 Å². The third-order valence-corrected chi connectivity index (χ3v) is 4.91. The van der Waals surface area contributed by atoms with Crippen molar-refractivity contribution in [3.8, 4) is 0 Å². The Balaban J connectivity index is 1.49. The standard InChI is InChI=1S/C19H25FO2/c1-2-3-14-12-21-19(22-13-14)17-6-4-15(5-7-17)16-8-10-18(20)11-9-16/h2-3,8-11,14-15,17,19H,4-7,12-13H2,1H3/b3-2+/t14?,15-,17-,19?. The summed E-state index contributed by atoms with van der Waals surface area (Å²) in [6.07, 6.45) is 8.71. The molecule has 2 fully saturated rings. The number of hydrogen-bond acceptors (Lipinski definition) is 2. The Morgan fingerprint density at radius 2 is 1.64 bits per heavy atom. The highest BCUT2D eigenvalue weighted by Gasteiger charge is 2.32. The van der Waals surface area contributed by atoms with Gasteiger partial charge in [0.05, 0.1) is 13.2 Å². The van der Waals surface area contributed by atoms with E-state index in [2.05, 4.69) is 12.2 Å². The fourth-order valence-corrected chi connectivity index (χ4v) is 3.65. The molecule has 0 N–H and O–H groups in total. The lowest BCUT2D eigenvalue weighted by Crippen LogP contribution is -2.37. The Morgan fingerprint density at radius 3 is 2.23 bits per heavy atom. The van der Waals surface area contributed by atoms with Crippen molar-refractivity contribution in [1.82, 2.24) is 0 Å². The topological polar surface area (TPSA) is 18.5 Å². The summed E-state index contributed by atoms with van der Waals surface area (Å²) in [6.45, 7) is 3.57. The Bertz CT molecular complexity index is 481. The maximum atomic E-state index is 13.0. The second kappa shape index (κ2) is 7.38. The van der Waals surface area contributed by atoms with Crippen LogP contribution >= 0.6 is 0 Å². The number of allylic oxidation sites excluding steroid dienone is 1. The quantitative estimate of drug-likeness (QED) is 0.756. The third kappa shape index (κ3) is 3.76. The molecule has 0 amide bonds. The molecule has 2 nitrogen and oxygen atoms in total. The molecule has 0 spiro atoms. The van der Waals surface area contributed by atoms with Gasteiger partial charge in [-0.2, -0.15) is 0 Å². The van der Waals surface area contributed by atoms with Crippen LogP contribution in [0.1, 0.15) is 44.1 Å². The molecule has 1 saturated carbocycles. The van der Waals surface area contributed by atoms with Gasteiger partial charge >= 0.3 is 0 Å². The molecule has 120 valence electrons. The van der Waals surface area contributed by atoms with Gasteiger partial charge < -0.3 is 9.47 Å². The van der Waals surface area contributed by atoms with Crippen molar-refractivity contribution in [2.75, 3.05) is 13.2 Å². The van der Waals surface area contributed by atoms with Gasteiger partial charge in [-0.3, -0.25) is 0 Å².